The van der Waals surface area contributed by atoms with E-state index in [1.165, 1.54) is 6.20 Å². The minimum atomic E-state index is -0.154. The summed E-state index contributed by atoms with van der Waals surface area (Å²) in [5.74, 6) is -0.154. The van der Waals surface area contributed by atoms with Gasteiger partial charge < -0.3 is 10.2 Å². The lowest BCUT2D eigenvalue weighted by atomic mass is 10.3. The predicted octanol–water partition coefficient (Wildman–Crippen LogP) is 0.862. The Labute approximate surface area is 103 Å². The van der Waals surface area contributed by atoms with Gasteiger partial charge in [-0.25, -0.2) is 4.98 Å². The van der Waals surface area contributed by atoms with Gasteiger partial charge in [0.2, 0.25) is 0 Å². The van der Waals surface area contributed by atoms with Crippen molar-refractivity contribution >= 4 is 22.4 Å². The van der Waals surface area contributed by atoms with Gasteiger partial charge in [-0.1, -0.05) is 0 Å². The van der Waals surface area contributed by atoms with Crippen molar-refractivity contribution in [2.75, 3.05) is 19.0 Å². The third-order valence-electron chi connectivity index (χ3n) is 2.11. The molecule has 0 atom stereocenters. The first-order valence-electron chi connectivity index (χ1n) is 5.05. The smallest absolute Gasteiger partial charge is 0.254 e. The van der Waals surface area contributed by atoms with Gasteiger partial charge in [0, 0.05) is 25.7 Å². The first-order valence-corrected chi connectivity index (χ1v) is 5.93. The number of hydrogen-bond acceptors (Lipinski definition) is 5. The van der Waals surface area contributed by atoms with Crippen LogP contribution in [0.5, 0.6) is 0 Å². The van der Waals surface area contributed by atoms with E-state index in [4.69, 9.17) is 0 Å². The summed E-state index contributed by atoms with van der Waals surface area (Å²) in [6.45, 7) is 0.425. The SMILES string of the molecule is CN(C)c1nc(CNC(=O)c2cn[nH]c2)cs1. The summed E-state index contributed by atoms with van der Waals surface area (Å²) >= 11 is 1.55. The van der Waals surface area contributed by atoms with Crippen LogP contribution in [-0.2, 0) is 6.54 Å². The molecule has 0 radical (unpaired) electrons. The van der Waals surface area contributed by atoms with E-state index in [1.807, 2.05) is 24.4 Å². The predicted molar refractivity (Wildman–Crippen MR) is 66.2 cm³/mol. The van der Waals surface area contributed by atoms with E-state index in [9.17, 15) is 4.79 Å². The molecule has 2 rings (SSSR count). The van der Waals surface area contributed by atoms with Gasteiger partial charge in [-0.15, -0.1) is 11.3 Å². The molecule has 2 aromatic heterocycles. The molecule has 1 amide bonds. The molecule has 0 bridgehead atoms. The minimum Gasteiger partial charge on any atom is -0.354 e. The topological polar surface area (TPSA) is 73.9 Å². The number of hydrogen-bond donors (Lipinski definition) is 2. The molecule has 0 aliphatic heterocycles. The molecule has 0 saturated carbocycles. The number of nitrogens with zero attached hydrogens (tertiary/aromatic N) is 3. The summed E-state index contributed by atoms with van der Waals surface area (Å²) in [6.07, 6.45) is 3.04. The van der Waals surface area contributed by atoms with Crippen molar-refractivity contribution in [2.45, 2.75) is 6.54 Å². The molecule has 2 heterocycles. The number of rotatable bonds is 4. The lowest BCUT2D eigenvalue weighted by Crippen LogP contribution is -2.22. The second-order valence-corrected chi connectivity index (χ2v) is 4.52. The summed E-state index contributed by atoms with van der Waals surface area (Å²) < 4.78 is 0. The zero-order valence-electron chi connectivity index (χ0n) is 9.60. The lowest BCUT2D eigenvalue weighted by Gasteiger charge is -2.05. The Balaban J connectivity index is 1.91. The van der Waals surface area contributed by atoms with Crippen molar-refractivity contribution in [1.29, 1.82) is 0 Å². The summed E-state index contributed by atoms with van der Waals surface area (Å²) in [4.78, 5) is 17.9. The molecular formula is C10H13N5OS. The fourth-order valence-corrected chi connectivity index (χ4v) is 1.99. The van der Waals surface area contributed by atoms with Crippen LogP contribution < -0.4 is 10.2 Å². The number of carbonyl (C=O) groups excluding carboxylic acids is 1. The molecule has 0 aliphatic rings. The Bertz CT molecular complexity index is 491. The molecule has 0 fully saturated rings. The van der Waals surface area contributed by atoms with Crippen LogP contribution >= 0.6 is 11.3 Å². The zero-order chi connectivity index (χ0) is 12.3. The zero-order valence-corrected chi connectivity index (χ0v) is 10.4. The van der Waals surface area contributed by atoms with Gasteiger partial charge >= 0.3 is 0 Å². The molecule has 90 valence electrons. The van der Waals surface area contributed by atoms with Gasteiger partial charge in [-0.05, 0) is 0 Å². The monoisotopic (exact) mass is 251 g/mol. The molecule has 2 N–H and O–H groups in total. The van der Waals surface area contributed by atoms with Crippen LogP contribution in [0, 0.1) is 0 Å². The van der Waals surface area contributed by atoms with Crippen LogP contribution in [-0.4, -0.2) is 35.2 Å². The number of anilines is 1. The van der Waals surface area contributed by atoms with Crippen molar-refractivity contribution in [2.24, 2.45) is 0 Å². The van der Waals surface area contributed by atoms with Crippen molar-refractivity contribution < 1.29 is 4.79 Å². The third kappa shape index (κ3) is 2.82. The highest BCUT2D eigenvalue weighted by Crippen LogP contribution is 2.17. The van der Waals surface area contributed by atoms with Crippen molar-refractivity contribution in [3.63, 3.8) is 0 Å². The van der Waals surface area contributed by atoms with E-state index in [-0.39, 0.29) is 5.91 Å². The molecule has 17 heavy (non-hydrogen) atoms. The minimum absolute atomic E-state index is 0.154. The molecule has 0 aliphatic carbocycles. The summed E-state index contributed by atoms with van der Waals surface area (Å²) in [5, 5.41) is 12.0. The van der Waals surface area contributed by atoms with Gasteiger partial charge in [0.05, 0.1) is 24.0 Å². The van der Waals surface area contributed by atoms with Crippen LogP contribution in [0.1, 0.15) is 16.1 Å². The number of H-pyrrole nitrogens is 1. The molecule has 0 unspecified atom stereocenters. The van der Waals surface area contributed by atoms with Crippen LogP contribution in [0.4, 0.5) is 5.13 Å². The standard InChI is InChI=1S/C10H13N5OS/c1-15(2)10-14-8(6-17-10)5-11-9(16)7-3-12-13-4-7/h3-4,6H,5H2,1-2H3,(H,11,16)(H,12,13). The molecule has 0 spiro atoms. The van der Waals surface area contributed by atoms with Crippen LogP contribution in [0.3, 0.4) is 0 Å². The van der Waals surface area contributed by atoms with Crippen LogP contribution in [0.15, 0.2) is 17.8 Å². The Kier molecular flexibility index (Phi) is 3.38. The Hall–Kier alpha value is -1.89. The summed E-state index contributed by atoms with van der Waals surface area (Å²) in [7, 11) is 3.87. The van der Waals surface area contributed by atoms with E-state index < -0.39 is 0 Å². The Morgan fingerprint density at radius 2 is 2.41 bits per heavy atom. The van der Waals surface area contributed by atoms with Crippen molar-refractivity contribution in [1.82, 2.24) is 20.5 Å². The van der Waals surface area contributed by atoms with E-state index in [0.29, 0.717) is 12.1 Å². The number of aromatic amines is 1. The van der Waals surface area contributed by atoms with E-state index in [2.05, 4.69) is 20.5 Å². The first-order chi connectivity index (χ1) is 8.16. The highest BCUT2D eigenvalue weighted by atomic mass is 32.1. The number of thiazole rings is 1. The highest BCUT2D eigenvalue weighted by molar-refractivity contribution is 7.13. The van der Waals surface area contributed by atoms with E-state index >= 15 is 0 Å². The highest BCUT2D eigenvalue weighted by Gasteiger charge is 2.08. The van der Waals surface area contributed by atoms with Crippen molar-refractivity contribution in [3.05, 3.63) is 29.0 Å². The van der Waals surface area contributed by atoms with Gasteiger partial charge in [0.1, 0.15) is 0 Å². The van der Waals surface area contributed by atoms with Crippen LogP contribution in [0.25, 0.3) is 0 Å². The normalized spacial score (nSPS) is 10.2. The van der Waals surface area contributed by atoms with E-state index in [0.717, 1.165) is 10.8 Å². The number of amides is 1. The second kappa shape index (κ2) is 4.96. The molecule has 0 saturated heterocycles. The fraction of sp³-hybridized carbons (Fsp3) is 0.300. The number of nitrogens with one attached hydrogen (secondary N) is 2. The molecule has 0 aromatic carbocycles. The molecule has 6 nitrogen and oxygen atoms in total. The first kappa shape index (κ1) is 11.6. The van der Waals surface area contributed by atoms with Gasteiger partial charge in [-0.3, -0.25) is 9.89 Å². The average Bonchev–Trinajstić information content (AvgIpc) is 2.97. The van der Waals surface area contributed by atoms with Crippen molar-refractivity contribution in [3.8, 4) is 0 Å². The molecular weight excluding hydrogens is 238 g/mol. The second-order valence-electron chi connectivity index (χ2n) is 3.69. The fourth-order valence-electron chi connectivity index (χ4n) is 1.23. The molecule has 7 heteroatoms. The number of carbonyl (C=O) groups is 1. The van der Waals surface area contributed by atoms with Gasteiger partial charge in [0.15, 0.2) is 5.13 Å². The lowest BCUT2D eigenvalue weighted by molar-refractivity contribution is 0.0950. The molecule has 2 aromatic rings. The maximum Gasteiger partial charge on any atom is 0.254 e. The quantitative estimate of drug-likeness (QED) is 0.845. The largest absolute Gasteiger partial charge is 0.354 e. The van der Waals surface area contributed by atoms with Gasteiger partial charge in [-0.2, -0.15) is 5.10 Å². The van der Waals surface area contributed by atoms with Gasteiger partial charge in [0.25, 0.3) is 5.91 Å². The maximum absolute atomic E-state index is 11.6. The number of aromatic nitrogens is 3. The van der Waals surface area contributed by atoms with Crippen LogP contribution in [0.2, 0.25) is 0 Å². The summed E-state index contributed by atoms with van der Waals surface area (Å²) in [6, 6.07) is 0. The van der Waals surface area contributed by atoms with E-state index in [1.54, 1.807) is 17.5 Å². The Morgan fingerprint density at radius 3 is 3.00 bits per heavy atom. The average molecular weight is 251 g/mol. The Morgan fingerprint density at radius 1 is 1.59 bits per heavy atom. The third-order valence-corrected chi connectivity index (χ3v) is 3.17. The summed E-state index contributed by atoms with van der Waals surface area (Å²) in [5.41, 5.74) is 1.38. The maximum atomic E-state index is 11.6.